The van der Waals surface area contributed by atoms with Gasteiger partial charge in [-0.1, -0.05) is 0 Å². The van der Waals surface area contributed by atoms with Crippen molar-refractivity contribution in [3.63, 3.8) is 0 Å². The predicted molar refractivity (Wildman–Crippen MR) is 94.1 cm³/mol. The molecule has 1 aliphatic heterocycles. The highest BCUT2D eigenvalue weighted by atomic mass is 32.2. The minimum absolute atomic E-state index is 0.00458. The molecule has 0 N–H and O–H groups in total. The molecule has 0 bridgehead atoms. The molecule has 1 unspecified atom stereocenters. The first kappa shape index (κ1) is 20.8. The van der Waals surface area contributed by atoms with E-state index in [-0.39, 0.29) is 18.4 Å². The summed E-state index contributed by atoms with van der Waals surface area (Å²) in [5.41, 5.74) is 0.404. The van der Waals surface area contributed by atoms with Crippen molar-refractivity contribution in [2.75, 3.05) is 19.3 Å². The molecule has 2 rings (SSSR count). The SMILES string of the molecule is CC(C)OC(=O)CC(c1cc(F)cc(F)c1)C1CCN(S(C)(=O)=O)CC1. The second kappa shape index (κ2) is 8.43. The van der Waals surface area contributed by atoms with Gasteiger partial charge in [0, 0.05) is 19.2 Å². The Hall–Kier alpha value is -1.54. The average Bonchev–Trinajstić information content (AvgIpc) is 2.50. The van der Waals surface area contributed by atoms with Crippen LogP contribution in [0.5, 0.6) is 0 Å². The summed E-state index contributed by atoms with van der Waals surface area (Å²) in [6.07, 6.45) is 1.92. The molecule has 1 fully saturated rings. The van der Waals surface area contributed by atoms with E-state index in [0.29, 0.717) is 31.5 Å². The first-order valence-electron chi connectivity index (χ1n) is 8.67. The smallest absolute Gasteiger partial charge is 0.306 e. The molecule has 8 heteroatoms. The number of carbonyl (C=O) groups excluding carboxylic acids is 1. The number of hydrogen-bond acceptors (Lipinski definition) is 4. The lowest BCUT2D eigenvalue weighted by atomic mass is 9.78. The quantitative estimate of drug-likeness (QED) is 0.702. The lowest BCUT2D eigenvalue weighted by Crippen LogP contribution is -2.39. The number of sulfonamides is 1. The van der Waals surface area contributed by atoms with Gasteiger partial charge in [0.15, 0.2) is 0 Å². The molecule has 5 nitrogen and oxygen atoms in total. The lowest BCUT2D eigenvalue weighted by Gasteiger charge is -2.35. The zero-order valence-electron chi connectivity index (χ0n) is 15.2. The van der Waals surface area contributed by atoms with Crippen LogP contribution in [-0.2, 0) is 19.6 Å². The second-order valence-corrected chi connectivity index (χ2v) is 9.03. The van der Waals surface area contributed by atoms with Gasteiger partial charge in [0.05, 0.1) is 18.8 Å². The molecule has 146 valence electrons. The number of rotatable bonds is 6. The van der Waals surface area contributed by atoms with Crippen LogP contribution in [-0.4, -0.2) is 44.1 Å². The molecule has 0 saturated carbocycles. The van der Waals surface area contributed by atoms with Gasteiger partial charge < -0.3 is 4.74 Å². The fraction of sp³-hybridized carbons (Fsp3) is 0.611. The fourth-order valence-corrected chi connectivity index (χ4v) is 4.32. The Labute approximate surface area is 153 Å². The molecule has 0 spiro atoms. The molecule has 1 heterocycles. The Bertz CT molecular complexity index is 723. The van der Waals surface area contributed by atoms with Crippen LogP contribution in [0.2, 0.25) is 0 Å². The van der Waals surface area contributed by atoms with Crippen molar-refractivity contribution in [2.24, 2.45) is 5.92 Å². The zero-order valence-corrected chi connectivity index (χ0v) is 16.1. The second-order valence-electron chi connectivity index (χ2n) is 7.05. The van der Waals surface area contributed by atoms with Gasteiger partial charge in [0.2, 0.25) is 10.0 Å². The van der Waals surface area contributed by atoms with Crippen LogP contribution in [0, 0.1) is 17.6 Å². The highest BCUT2D eigenvalue weighted by molar-refractivity contribution is 7.88. The Morgan fingerprint density at radius 3 is 2.19 bits per heavy atom. The van der Waals surface area contributed by atoms with Crippen LogP contribution in [0.25, 0.3) is 0 Å². The van der Waals surface area contributed by atoms with Gasteiger partial charge in [-0.3, -0.25) is 4.79 Å². The Morgan fingerprint density at radius 2 is 1.73 bits per heavy atom. The zero-order chi connectivity index (χ0) is 19.5. The Kier molecular flexibility index (Phi) is 6.74. The van der Waals surface area contributed by atoms with Gasteiger partial charge >= 0.3 is 5.97 Å². The van der Waals surface area contributed by atoms with Crippen LogP contribution in [0.1, 0.15) is 44.6 Å². The number of benzene rings is 1. The van der Waals surface area contributed by atoms with E-state index < -0.39 is 33.5 Å². The molecule has 0 aromatic heterocycles. The molecule has 0 aliphatic carbocycles. The van der Waals surface area contributed by atoms with Gasteiger partial charge in [-0.25, -0.2) is 21.5 Å². The minimum atomic E-state index is -3.27. The molecule has 0 amide bonds. The highest BCUT2D eigenvalue weighted by Gasteiger charge is 2.32. The molecule has 1 saturated heterocycles. The predicted octanol–water partition coefficient (Wildman–Crippen LogP) is 3.06. The minimum Gasteiger partial charge on any atom is -0.463 e. The Balaban J connectivity index is 2.22. The summed E-state index contributed by atoms with van der Waals surface area (Å²) in [5, 5.41) is 0. The third-order valence-electron chi connectivity index (χ3n) is 4.60. The average molecular weight is 389 g/mol. The molecule has 1 aromatic carbocycles. The van der Waals surface area contributed by atoms with Gasteiger partial charge in [-0.05, 0) is 56.2 Å². The van der Waals surface area contributed by atoms with Crippen molar-refractivity contribution in [1.82, 2.24) is 4.31 Å². The van der Waals surface area contributed by atoms with Gasteiger partial charge in [0.25, 0.3) is 0 Å². The number of hydrogen-bond donors (Lipinski definition) is 0. The van der Waals surface area contributed by atoms with Crippen LogP contribution < -0.4 is 0 Å². The standard InChI is InChI=1S/C18H25F2NO4S/c1-12(2)25-18(22)11-17(14-8-15(19)10-16(20)9-14)13-4-6-21(7-5-13)26(3,23)24/h8-10,12-13,17H,4-7,11H2,1-3H3. The maximum atomic E-state index is 13.7. The van der Waals surface area contributed by atoms with Crippen molar-refractivity contribution in [3.05, 3.63) is 35.4 Å². The molecule has 26 heavy (non-hydrogen) atoms. The van der Waals surface area contributed by atoms with E-state index in [2.05, 4.69) is 0 Å². The maximum Gasteiger partial charge on any atom is 0.306 e. The van der Waals surface area contributed by atoms with E-state index in [1.54, 1.807) is 13.8 Å². The molecular weight excluding hydrogens is 364 g/mol. The van der Waals surface area contributed by atoms with Gasteiger partial charge in [-0.2, -0.15) is 0 Å². The molecular formula is C18H25F2NO4S. The van der Waals surface area contributed by atoms with E-state index in [0.717, 1.165) is 12.3 Å². The van der Waals surface area contributed by atoms with Crippen LogP contribution >= 0.6 is 0 Å². The van der Waals surface area contributed by atoms with Crippen molar-refractivity contribution in [1.29, 1.82) is 0 Å². The normalized spacial score (nSPS) is 18.1. The van der Waals surface area contributed by atoms with E-state index >= 15 is 0 Å². The summed E-state index contributed by atoms with van der Waals surface area (Å²) in [4.78, 5) is 12.2. The van der Waals surface area contributed by atoms with Crippen molar-refractivity contribution < 1.29 is 26.7 Å². The summed E-state index contributed by atoms with van der Waals surface area (Å²) in [6.45, 7) is 4.13. The molecule has 0 radical (unpaired) electrons. The topological polar surface area (TPSA) is 63.7 Å². The first-order valence-corrected chi connectivity index (χ1v) is 10.5. The van der Waals surface area contributed by atoms with E-state index in [1.165, 1.54) is 16.4 Å². The third kappa shape index (κ3) is 5.74. The van der Waals surface area contributed by atoms with E-state index in [4.69, 9.17) is 4.74 Å². The molecule has 1 aromatic rings. The van der Waals surface area contributed by atoms with Crippen molar-refractivity contribution in [2.45, 2.75) is 45.1 Å². The molecule has 1 atom stereocenters. The monoisotopic (exact) mass is 389 g/mol. The van der Waals surface area contributed by atoms with Gasteiger partial charge in [-0.15, -0.1) is 0 Å². The maximum absolute atomic E-state index is 13.7. The number of ether oxygens (including phenoxy) is 1. The van der Waals surface area contributed by atoms with Crippen molar-refractivity contribution in [3.8, 4) is 0 Å². The fourth-order valence-electron chi connectivity index (χ4n) is 3.45. The summed E-state index contributed by atoms with van der Waals surface area (Å²) >= 11 is 0. The highest BCUT2D eigenvalue weighted by Crippen LogP contribution is 2.36. The van der Waals surface area contributed by atoms with Crippen molar-refractivity contribution >= 4 is 16.0 Å². The number of esters is 1. The van der Waals surface area contributed by atoms with Gasteiger partial charge in [0.1, 0.15) is 11.6 Å². The number of nitrogens with zero attached hydrogens (tertiary/aromatic N) is 1. The van der Waals surface area contributed by atoms with Crippen LogP contribution in [0.4, 0.5) is 8.78 Å². The number of piperidine rings is 1. The summed E-state index contributed by atoms with van der Waals surface area (Å²) in [5.74, 6) is -2.31. The first-order chi connectivity index (χ1) is 12.1. The summed E-state index contributed by atoms with van der Waals surface area (Å²) in [6, 6.07) is 3.26. The van der Waals surface area contributed by atoms with E-state index in [9.17, 15) is 22.0 Å². The van der Waals surface area contributed by atoms with Crippen LogP contribution in [0.3, 0.4) is 0 Å². The summed E-state index contributed by atoms with van der Waals surface area (Å²) < 4.78 is 57.3. The largest absolute Gasteiger partial charge is 0.463 e. The summed E-state index contributed by atoms with van der Waals surface area (Å²) in [7, 11) is -3.27. The Morgan fingerprint density at radius 1 is 1.19 bits per heavy atom. The third-order valence-corrected chi connectivity index (χ3v) is 5.91. The number of halogens is 2. The molecule has 1 aliphatic rings. The van der Waals surface area contributed by atoms with E-state index in [1.807, 2.05) is 0 Å². The van der Waals surface area contributed by atoms with Crippen LogP contribution in [0.15, 0.2) is 18.2 Å². The number of carbonyl (C=O) groups is 1. The lowest BCUT2D eigenvalue weighted by molar-refractivity contribution is -0.148.